The van der Waals surface area contributed by atoms with Crippen molar-refractivity contribution in [2.45, 2.75) is 25.4 Å². The van der Waals surface area contributed by atoms with Crippen LogP contribution < -0.4 is 4.90 Å². The van der Waals surface area contributed by atoms with Crippen molar-refractivity contribution in [2.24, 2.45) is 0 Å². The van der Waals surface area contributed by atoms with Crippen LogP contribution in [0.3, 0.4) is 0 Å². The zero-order valence-corrected chi connectivity index (χ0v) is 19.7. The number of benzene rings is 2. The Kier molecular flexibility index (Phi) is 6.06. The largest absolute Gasteiger partial charge is 0.332 e. The number of amides is 3. The summed E-state index contributed by atoms with van der Waals surface area (Å²) in [4.78, 5) is 34.0. The van der Waals surface area contributed by atoms with Gasteiger partial charge in [0.2, 0.25) is 0 Å². The second-order valence-electron chi connectivity index (χ2n) is 7.57. The van der Waals surface area contributed by atoms with Gasteiger partial charge in [0.05, 0.1) is 5.69 Å². The summed E-state index contributed by atoms with van der Waals surface area (Å²) in [6.07, 6.45) is 3.69. The Hall–Kier alpha value is -2.41. The van der Waals surface area contributed by atoms with Gasteiger partial charge in [-0.15, -0.1) is 0 Å². The number of hydrogen-bond acceptors (Lipinski definition) is 3. The number of anilines is 1. The molecule has 1 saturated heterocycles. The molecule has 158 valence electrons. The number of hydrogen-bond donors (Lipinski definition) is 0. The molecule has 5 nitrogen and oxygen atoms in total. The standard InChI is InChI=1S/C23H18BrCl2N3O2/c1-23(13-15-2-4-17(24)5-3-15)21(30)29(20-11-18(25)10-19(26)12-20)22(31)28(23)14-16-6-8-27-9-7-16/h2-12H,13-14H2,1H3. The van der Waals surface area contributed by atoms with Crippen molar-refractivity contribution in [3.63, 3.8) is 0 Å². The minimum Gasteiger partial charge on any atom is -0.305 e. The normalized spacial score (nSPS) is 18.7. The quantitative estimate of drug-likeness (QED) is 0.382. The van der Waals surface area contributed by atoms with E-state index >= 15 is 0 Å². The minimum absolute atomic E-state index is 0.269. The molecule has 0 saturated carbocycles. The fraction of sp³-hybridized carbons (Fsp3) is 0.174. The summed E-state index contributed by atoms with van der Waals surface area (Å²) >= 11 is 15.7. The van der Waals surface area contributed by atoms with Crippen LogP contribution in [0.25, 0.3) is 0 Å². The van der Waals surface area contributed by atoms with Gasteiger partial charge in [-0.3, -0.25) is 9.78 Å². The van der Waals surface area contributed by atoms with Gasteiger partial charge >= 0.3 is 6.03 Å². The molecule has 3 aromatic rings. The van der Waals surface area contributed by atoms with E-state index in [2.05, 4.69) is 20.9 Å². The predicted octanol–water partition coefficient (Wildman–Crippen LogP) is 6.12. The first kappa shape index (κ1) is 21.8. The molecule has 3 amide bonds. The zero-order chi connectivity index (χ0) is 22.2. The van der Waals surface area contributed by atoms with E-state index in [-0.39, 0.29) is 12.5 Å². The summed E-state index contributed by atoms with van der Waals surface area (Å²) in [7, 11) is 0. The van der Waals surface area contributed by atoms with Crippen molar-refractivity contribution in [1.29, 1.82) is 0 Å². The lowest BCUT2D eigenvalue weighted by atomic mass is 9.90. The van der Waals surface area contributed by atoms with Crippen LogP contribution >= 0.6 is 39.1 Å². The first-order valence-corrected chi connectivity index (χ1v) is 11.1. The summed E-state index contributed by atoms with van der Waals surface area (Å²) < 4.78 is 0.944. The van der Waals surface area contributed by atoms with Crippen molar-refractivity contribution < 1.29 is 9.59 Å². The number of urea groups is 1. The average Bonchev–Trinajstić information content (AvgIpc) is 2.90. The average molecular weight is 519 g/mol. The van der Waals surface area contributed by atoms with E-state index in [9.17, 15) is 9.59 Å². The van der Waals surface area contributed by atoms with Crippen molar-refractivity contribution >= 4 is 56.8 Å². The second-order valence-corrected chi connectivity index (χ2v) is 9.36. The van der Waals surface area contributed by atoms with Crippen molar-refractivity contribution in [1.82, 2.24) is 9.88 Å². The number of halogens is 3. The van der Waals surface area contributed by atoms with Gasteiger partial charge in [-0.05, 0) is 60.5 Å². The third kappa shape index (κ3) is 4.33. The van der Waals surface area contributed by atoms with Gasteiger partial charge in [0.25, 0.3) is 5.91 Å². The molecule has 0 N–H and O–H groups in total. The third-order valence-corrected chi connectivity index (χ3v) is 6.30. The SMILES string of the molecule is CC1(Cc2ccc(Br)cc2)C(=O)N(c2cc(Cl)cc(Cl)c2)C(=O)N1Cc1ccncc1. The lowest BCUT2D eigenvalue weighted by Crippen LogP contribution is -2.48. The van der Waals surface area contributed by atoms with E-state index < -0.39 is 11.6 Å². The van der Waals surface area contributed by atoms with E-state index in [1.807, 2.05) is 36.4 Å². The highest BCUT2D eigenvalue weighted by molar-refractivity contribution is 9.10. The van der Waals surface area contributed by atoms with Crippen molar-refractivity contribution in [2.75, 3.05) is 4.90 Å². The van der Waals surface area contributed by atoms with E-state index in [0.29, 0.717) is 22.2 Å². The van der Waals surface area contributed by atoms with Gasteiger partial charge in [-0.1, -0.05) is 51.3 Å². The maximum atomic E-state index is 13.7. The molecule has 0 radical (unpaired) electrons. The zero-order valence-electron chi connectivity index (χ0n) is 16.6. The summed E-state index contributed by atoms with van der Waals surface area (Å²) in [5.74, 6) is -0.326. The van der Waals surface area contributed by atoms with E-state index in [4.69, 9.17) is 23.2 Å². The molecule has 1 fully saturated rings. The molecular formula is C23H18BrCl2N3O2. The lowest BCUT2D eigenvalue weighted by Gasteiger charge is -2.32. The maximum absolute atomic E-state index is 13.7. The van der Waals surface area contributed by atoms with Crippen LogP contribution in [-0.4, -0.2) is 27.4 Å². The van der Waals surface area contributed by atoms with E-state index in [0.717, 1.165) is 20.5 Å². The summed E-state index contributed by atoms with van der Waals surface area (Å²) in [6, 6.07) is 15.7. The number of imide groups is 1. The number of pyridine rings is 1. The molecule has 1 atom stereocenters. The molecule has 1 unspecified atom stereocenters. The van der Waals surface area contributed by atoms with Crippen LogP contribution in [0.1, 0.15) is 18.1 Å². The smallest absolute Gasteiger partial charge is 0.305 e. The Morgan fingerprint density at radius 3 is 2.16 bits per heavy atom. The van der Waals surface area contributed by atoms with E-state index in [1.54, 1.807) is 42.4 Å². The summed E-state index contributed by atoms with van der Waals surface area (Å²) in [5, 5.41) is 0.704. The predicted molar refractivity (Wildman–Crippen MR) is 125 cm³/mol. The molecule has 0 bridgehead atoms. The van der Waals surface area contributed by atoms with Crippen molar-refractivity contribution in [3.05, 3.63) is 92.6 Å². The van der Waals surface area contributed by atoms with Crippen LogP contribution in [0.15, 0.2) is 71.5 Å². The van der Waals surface area contributed by atoms with Gasteiger partial charge in [-0.25, -0.2) is 9.69 Å². The number of aromatic nitrogens is 1. The van der Waals surface area contributed by atoms with Gasteiger partial charge in [0, 0.05) is 39.9 Å². The van der Waals surface area contributed by atoms with Gasteiger partial charge in [0.15, 0.2) is 0 Å². The first-order chi connectivity index (χ1) is 14.8. The van der Waals surface area contributed by atoms with Gasteiger partial charge in [0.1, 0.15) is 5.54 Å². The number of carbonyl (C=O) groups is 2. The van der Waals surface area contributed by atoms with Crippen LogP contribution in [0.4, 0.5) is 10.5 Å². The van der Waals surface area contributed by atoms with Crippen LogP contribution in [0, 0.1) is 0 Å². The minimum atomic E-state index is -1.09. The first-order valence-electron chi connectivity index (χ1n) is 9.53. The molecule has 0 aliphatic carbocycles. The van der Waals surface area contributed by atoms with Gasteiger partial charge in [-0.2, -0.15) is 0 Å². The maximum Gasteiger partial charge on any atom is 0.332 e. The molecule has 1 aromatic heterocycles. The monoisotopic (exact) mass is 517 g/mol. The molecule has 8 heteroatoms. The molecule has 1 aliphatic heterocycles. The Labute approximate surface area is 198 Å². The fourth-order valence-electron chi connectivity index (χ4n) is 3.75. The molecule has 0 spiro atoms. The second kappa shape index (κ2) is 8.61. The molecule has 2 heterocycles. The third-order valence-electron chi connectivity index (χ3n) is 5.34. The Balaban J connectivity index is 1.77. The van der Waals surface area contributed by atoms with Crippen molar-refractivity contribution in [3.8, 4) is 0 Å². The highest BCUT2D eigenvalue weighted by atomic mass is 79.9. The Morgan fingerprint density at radius 1 is 0.935 bits per heavy atom. The highest BCUT2D eigenvalue weighted by Crippen LogP contribution is 2.37. The lowest BCUT2D eigenvalue weighted by molar-refractivity contribution is -0.124. The van der Waals surface area contributed by atoms with Crippen LogP contribution in [0.2, 0.25) is 10.0 Å². The number of rotatable bonds is 5. The highest BCUT2D eigenvalue weighted by Gasteiger charge is 2.54. The van der Waals surface area contributed by atoms with Crippen LogP contribution in [-0.2, 0) is 17.8 Å². The Bertz CT molecular complexity index is 1120. The topological polar surface area (TPSA) is 53.5 Å². The molecule has 31 heavy (non-hydrogen) atoms. The van der Waals surface area contributed by atoms with Crippen LogP contribution in [0.5, 0.6) is 0 Å². The molecule has 2 aromatic carbocycles. The molecular weight excluding hydrogens is 501 g/mol. The fourth-order valence-corrected chi connectivity index (χ4v) is 4.53. The number of carbonyl (C=O) groups excluding carboxylic acids is 2. The summed E-state index contributed by atoms with van der Waals surface area (Å²) in [5.41, 5.74) is 1.08. The van der Waals surface area contributed by atoms with E-state index in [1.165, 1.54) is 0 Å². The van der Waals surface area contributed by atoms with Gasteiger partial charge < -0.3 is 4.90 Å². The molecule has 4 rings (SSSR count). The Morgan fingerprint density at radius 2 is 1.55 bits per heavy atom. The summed E-state index contributed by atoms with van der Waals surface area (Å²) in [6.45, 7) is 2.06. The molecule has 1 aliphatic rings. The number of nitrogens with zero attached hydrogens (tertiary/aromatic N) is 3.